The van der Waals surface area contributed by atoms with Crippen molar-refractivity contribution in [1.29, 1.82) is 0 Å². The molecule has 2 amide bonds. The van der Waals surface area contributed by atoms with Crippen LogP contribution < -0.4 is 5.32 Å². The summed E-state index contributed by atoms with van der Waals surface area (Å²) in [5.74, 6) is -0.199. The monoisotopic (exact) mass is 330 g/mol. The van der Waals surface area contributed by atoms with Crippen molar-refractivity contribution < 1.29 is 14.3 Å². The first kappa shape index (κ1) is 17.0. The van der Waals surface area contributed by atoms with Gasteiger partial charge in [-0.25, -0.2) is 0 Å². The molecule has 1 saturated heterocycles. The summed E-state index contributed by atoms with van der Waals surface area (Å²) in [6, 6.07) is 7.47. The number of likely N-dealkylation sites (N-methyl/N-ethyl adjacent to an activating group) is 1. The molecular formula is C19H26N2O3. The van der Waals surface area contributed by atoms with Crippen LogP contribution in [0.2, 0.25) is 0 Å². The number of nitrogens with one attached hydrogen (secondary N) is 1. The highest BCUT2D eigenvalue weighted by molar-refractivity contribution is 5.87. The van der Waals surface area contributed by atoms with E-state index in [0.717, 1.165) is 36.8 Å². The Hall–Kier alpha value is -1.88. The second kappa shape index (κ2) is 6.55. The zero-order chi connectivity index (χ0) is 17.3. The number of rotatable bonds is 5. The van der Waals surface area contributed by atoms with Crippen molar-refractivity contribution in [3.8, 4) is 0 Å². The third kappa shape index (κ3) is 3.18. The molecular weight excluding hydrogens is 304 g/mol. The van der Waals surface area contributed by atoms with E-state index in [1.807, 2.05) is 31.2 Å². The zero-order valence-corrected chi connectivity index (χ0v) is 14.7. The van der Waals surface area contributed by atoms with Crippen molar-refractivity contribution in [2.45, 2.75) is 57.2 Å². The number of hydrogen-bond acceptors (Lipinski definition) is 3. The number of amides is 2. The summed E-state index contributed by atoms with van der Waals surface area (Å²) >= 11 is 0. The second-order valence-electron chi connectivity index (χ2n) is 7.06. The first-order valence-electron chi connectivity index (χ1n) is 8.72. The maximum atomic E-state index is 12.9. The number of nitrogens with zero attached hydrogens (tertiary/aromatic N) is 1. The Morgan fingerprint density at radius 3 is 2.71 bits per heavy atom. The van der Waals surface area contributed by atoms with Gasteiger partial charge in [0.25, 0.3) is 5.91 Å². The van der Waals surface area contributed by atoms with Crippen molar-refractivity contribution in [2.75, 3.05) is 13.7 Å². The third-order valence-corrected chi connectivity index (χ3v) is 5.22. The quantitative estimate of drug-likeness (QED) is 0.901. The van der Waals surface area contributed by atoms with Crippen LogP contribution in [0, 0.1) is 6.92 Å². The third-order valence-electron chi connectivity index (χ3n) is 5.22. The number of benzene rings is 1. The number of carbonyl (C=O) groups excluding carboxylic acids is 2. The highest BCUT2D eigenvalue weighted by Gasteiger charge is 2.47. The average Bonchev–Trinajstić information content (AvgIpc) is 3.30. The van der Waals surface area contributed by atoms with E-state index >= 15 is 0 Å². The van der Waals surface area contributed by atoms with E-state index in [9.17, 15) is 9.59 Å². The van der Waals surface area contributed by atoms with Crippen LogP contribution in [0.25, 0.3) is 0 Å². The van der Waals surface area contributed by atoms with Crippen LogP contribution in [-0.2, 0) is 14.3 Å². The molecule has 1 aliphatic carbocycles. The van der Waals surface area contributed by atoms with Gasteiger partial charge in [0.15, 0.2) is 6.10 Å². The van der Waals surface area contributed by atoms with Gasteiger partial charge in [0.05, 0.1) is 6.04 Å². The van der Waals surface area contributed by atoms with Crippen LogP contribution in [0.1, 0.15) is 49.8 Å². The molecule has 2 aliphatic rings. The fraction of sp³-hybridized carbons (Fsp3) is 0.579. The molecule has 0 bridgehead atoms. The molecule has 1 heterocycles. The molecule has 0 unspecified atom stereocenters. The summed E-state index contributed by atoms with van der Waals surface area (Å²) in [7, 11) is 1.75. The molecule has 5 nitrogen and oxygen atoms in total. The lowest BCUT2D eigenvalue weighted by Gasteiger charge is -2.39. The van der Waals surface area contributed by atoms with Gasteiger partial charge in [-0.15, -0.1) is 0 Å². The molecule has 130 valence electrons. The lowest BCUT2D eigenvalue weighted by Crippen LogP contribution is -2.55. The molecule has 2 atom stereocenters. The number of morpholine rings is 1. The van der Waals surface area contributed by atoms with Crippen molar-refractivity contribution in [2.24, 2.45) is 0 Å². The summed E-state index contributed by atoms with van der Waals surface area (Å²) in [6.07, 6.45) is 3.44. The van der Waals surface area contributed by atoms with Gasteiger partial charge in [0.2, 0.25) is 5.91 Å². The Morgan fingerprint density at radius 1 is 1.38 bits per heavy atom. The molecule has 0 spiro atoms. The molecule has 2 fully saturated rings. The summed E-state index contributed by atoms with van der Waals surface area (Å²) < 4.78 is 5.69. The molecule has 1 saturated carbocycles. The second-order valence-corrected chi connectivity index (χ2v) is 7.06. The van der Waals surface area contributed by atoms with Gasteiger partial charge in [-0.1, -0.05) is 37.6 Å². The Morgan fingerprint density at radius 2 is 2.08 bits per heavy atom. The van der Waals surface area contributed by atoms with Crippen molar-refractivity contribution in [3.63, 3.8) is 0 Å². The SMILES string of the molecule is CCCC1(NC(=O)[C@H]2OCC(=O)N(C)[C@@H]2c2ccccc2C)CC1. The Balaban J connectivity index is 1.85. The van der Waals surface area contributed by atoms with Crippen LogP contribution in [0.4, 0.5) is 0 Å². The molecule has 0 radical (unpaired) electrons. The molecule has 1 aliphatic heterocycles. The standard InChI is InChI=1S/C19H26N2O3/c1-4-9-19(10-11-19)20-18(23)17-16(21(3)15(22)12-24-17)14-8-6-5-7-13(14)2/h5-8,16-17H,4,9-12H2,1-3H3,(H,20,23)/t16-,17+/m1/s1. The van der Waals surface area contributed by atoms with Crippen LogP contribution in [0.3, 0.4) is 0 Å². The van der Waals surface area contributed by atoms with E-state index in [1.165, 1.54) is 0 Å². The fourth-order valence-electron chi connectivity index (χ4n) is 3.62. The molecule has 5 heteroatoms. The van der Waals surface area contributed by atoms with E-state index in [-0.39, 0.29) is 30.0 Å². The highest BCUT2D eigenvalue weighted by Crippen LogP contribution is 2.40. The van der Waals surface area contributed by atoms with Gasteiger partial charge in [0, 0.05) is 12.6 Å². The van der Waals surface area contributed by atoms with Gasteiger partial charge < -0.3 is 15.0 Å². The van der Waals surface area contributed by atoms with Gasteiger partial charge in [-0.05, 0) is 37.3 Å². The number of carbonyl (C=O) groups is 2. The lowest BCUT2D eigenvalue weighted by atomic mass is 9.93. The molecule has 24 heavy (non-hydrogen) atoms. The Kier molecular flexibility index (Phi) is 4.63. The summed E-state index contributed by atoms with van der Waals surface area (Å²) in [5.41, 5.74) is 1.97. The van der Waals surface area contributed by atoms with Gasteiger partial charge in [-0.3, -0.25) is 9.59 Å². The van der Waals surface area contributed by atoms with E-state index < -0.39 is 6.10 Å². The van der Waals surface area contributed by atoms with E-state index in [2.05, 4.69) is 12.2 Å². The van der Waals surface area contributed by atoms with Gasteiger partial charge in [0.1, 0.15) is 6.61 Å². The van der Waals surface area contributed by atoms with Crippen LogP contribution in [-0.4, -0.2) is 42.0 Å². The predicted octanol–water partition coefficient (Wildman–Crippen LogP) is 2.34. The van der Waals surface area contributed by atoms with Crippen LogP contribution in [0.5, 0.6) is 0 Å². The minimum atomic E-state index is -0.664. The van der Waals surface area contributed by atoms with Crippen molar-refractivity contribution >= 4 is 11.8 Å². The zero-order valence-electron chi connectivity index (χ0n) is 14.7. The first-order chi connectivity index (χ1) is 11.5. The van der Waals surface area contributed by atoms with E-state index in [4.69, 9.17) is 4.74 Å². The summed E-state index contributed by atoms with van der Waals surface area (Å²) in [5, 5.41) is 3.19. The van der Waals surface area contributed by atoms with Crippen LogP contribution >= 0.6 is 0 Å². The first-order valence-corrected chi connectivity index (χ1v) is 8.72. The molecule has 1 aromatic carbocycles. The Labute approximate surface area is 143 Å². The average molecular weight is 330 g/mol. The smallest absolute Gasteiger partial charge is 0.252 e. The summed E-state index contributed by atoms with van der Waals surface area (Å²) in [4.78, 5) is 26.7. The van der Waals surface area contributed by atoms with Crippen molar-refractivity contribution in [1.82, 2.24) is 10.2 Å². The minimum absolute atomic E-state index is 0.0439. The van der Waals surface area contributed by atoms with Crippen molar-refractivity contribution in [3.05, 3.63) is 35.4 Å². The van der Waals surface area contributed by atoms with Gasteiger partial charge in [-0.2, -0.15) is 0 Å². The van der Waals surface area contributed by atoms with Crippen LogP contribution in [0.15, 0.2) is 24.3 Å². The number of ether oxygens (including phenoxy) is 1. The number of aryl methyl sites for hydroxylation is 1. The molecule has 1 aromatic rings. The summed E-state index contributed by atoms with van der Waals surface area (Å²) in [6.45, 7) is 4.08. The minimum Gasteiger partial charge on any atom is -0.356 e. The van der Waals surface area contributed by atoms with E-state index in [1.54, 1.807) is 11.9 Å². The van der Waals surface area contributed by atoms with E-state index in [0.29, 0.717) is 0 Å². The normalized spacial score (nSPS) is 25.5. The number of hydrogen-bond donors (Lipinski definition) is 1. The topological polar surface area (TPSA) is 58.6 Å². The molecule has 3 rings (SSSR count). The largest absolute Gasteiger partial charge is 0.356 e. The molecule has 0 aromatic heterocycles. The molecule has 1 N–H and O–H groups in total. The maximum Gasteiger partial charge on any atom is 0.252 e. The fourth-order valence-corrected chi connectivity index (χ4v) is 3.62. The maximum absolute atomic E-state index is 12.9. The highest BCUT2D eigenvalue weighted by atomic mass is 16.5. The Bertz CT molecular complexity index is 639. The lowest BCUT2D eigenvalue weighted by molar-refractivity contribution is -0.162. The predicted molar refractivity (Wildman–Crippen MR) is 91.4 cm³/mol. The van der Waals surface area contributed by atoms with Gasteiger partial charge >= 0.3 is 0 Å².